The smallest absolute Gasteiger partial charge is 0.327 e. The van der Waals surface area contributed by atoms with E-state index in [9.17, 15) is 9.59 Å². The third kappa shape index (κ3) is 2.12. The molecule has 1 N–H and O–H groups in total. The molecule has 5 heteroatoms. The van der Waals surface area contributed by atoms with Crippen LogP contribution < -0.4 is 0 Å². The predicted octanol–water partition coefficient (Wildman–Crippen LogP) is 1.16. The van der Waals surface area contributed by atoms with E-state index in [4.69, 9.17) is 5.11 Å². The van der Waals surface area contributed by atoms with Gasteiger partial charge in [0.2, 0.25) is 5.91 Å². The second-order valence-corrected chi connectivity index (χ2v) is 5.14. The van der Waals surface area contributed by atoms with Crippen LogP contribution in [0.3, 0.4) is 0 Å². The lowest BCUT2D eigenvalue weighted by atomic mass is 10.1. The van der Waals surface area contributed by atoms with Gasteiger partial charge < -0.3 is 10.0 Å². The van der Waals surface area contributed by atoms with Gasteiger partial charge in [-0.3, -0.25) is 4.79 Å². The van der Waals surface area contributed by atoms with Crippen molar-refractivity contribution in [2.75, 3.05) is 11.6 Å². The first-order valence-corrected chi connectivity index (χ1v) is 6.46. The van der Waals surface area contributed by atoms with Crippen LogP contribution in [0.25, 0.3) is 0 Å². The standard InChI is InChI=1S/C10H15NO3S/c12-9(7-3-1-2-4-7)11-6-15-5-8(11)10(13)14/h7-8H,1-6H2,(H,13,14). The molecule has 15 heavy (non-hydrogen) atoms. The summed E-state index contributed by atoms with van der Waals surface area (Å²) in [7, 11) is 0. The molecule has 2 rings (SSSR count). The minimum absolute atomic E-state index is 0.0601. The molecule has 1 amide bonds. The summed E-state index contributed by atoms with van der Waals surface area (Å²) in [5.41, 5.74) is 0. The van der Waals surface area contributed by atoms with Crippen LogP contribution >= 0.6 is 11.8 Å². The van der Waals surface area contributed by atoms with Crippen molar-refractivity contribution in [2.24, 2.45) is 5.92 Å². The first-order valence-electron chi connectivity index (χ1n) is 5.31. The maximum atomic E-state index is 12.0. The molecule has 0 bridgehead atoms. The van der Waals surface area contributed by atoms with Crippen LogP contribution in [0.5, 0.6) is 0 Å². The number of carboxylic acids is 1. The molecule has 0 aromatic heterocycles. The van der Waals surface area contributed by atoms with Gasteiger partial charge >= 0.3 is 5.97 Å². The average molecular weight is 229 g/mol. The lowest BCUT2D eigenvalue weighted by molar-refractivity contribution is -0.149. The van der Waals surface area contributed by atoms with Crippen molar-refractivity contribution in [1.29, 1.82) is 0 Å². The van der Waals surface area contributed by atoms with E-state index in [1.807, 2.05) is 0 Å². The SMILES string of the molecule is O=C(O)C1CSCN1C(=O)C1CCCC1. The summed E-state index contributed by atoms with van der Waals surface area (Å²) in [5, 5.41) is 8.97. The minimum Gasteiger partial charge on any atom is -0.480 e. The number of carbonyl (C=O) groups excluding carboxylic acids is 1. The summed E-state index contributed by atoms with van der Waals surface area (Å²) in [5.74, 6) is 0.363. The number of rotatable bonds is 2. The molecule has 1 unspecified atom stereocenters. The van der Waals surface area contributed by atoms with E-state index in [2.05, 4.69) is 0 Å². The molecule has 1 saturated heterocycles. The van der Waals surface area contributed by atoms with E-state index < -0.39 is 12.0 Å². The van der Waals surface area contributed by atoms with Gasteiger partial charge in [0.1, 0.15) is 6.04 Å². The van der Waals surface area contributed by atoms with Crippen LogP contribution in [0.2, 0.25) is 0 Å². The fourth-order valence-corrected chi connectivity index (χ4v) is 3.43. The topological polar surface area (TPSA) is 57.6 Å². The third-order valence-electron chi connectivity index (χ3n) is 3.15. The molecule has 0 radical (unpaired) electrons. The summed E-state index contributed by atoms with van der Waals surface area (Å²) in [6.07, 6.45) is 4.09. The molecule has 2 aliphatic rings. The monoisotopic (exact) mass is 229 g/mol. The summed E-state index contributed by atoms with van der Waals surface area (Å²) >= 11 is 1.53. The van der Waals surface area contributed by atoms with Crippen LogP contribution in [0.4, 0.5) is 0 Å². The molecule has 2 fully saturated rings. The Labute approximate surface area is 93.0 Å². The molecule has 1 saturated carbocycles. The Bertz CT molecular complexity index is 276. The lowest BCUT2D eigenvalue weighted by Gasteiger charge is -2.23. The second-order valence-electron chi connectivity index (χ2n) is 4.14. The van der Waals surface area contributed by atoms with Crippen molar-refractivity contribution in [3.05, 3.63) is 0 Å². The molecule has 0 spiro atoms. The van der Waals surface area contributed by atoms with Crippen molar-refractivity contribution in [3.63, 3.8) is 0 Å². The van der Waals surface area contributed by atoms with Gasteiger partial charge in [-0.05, 0) is 12.8 Å². The molecule has 4 nitrogen and oxygen atoms in total. The Morgan fingerprint density at radius 3 is 2.53 bits per heavy atom. The van der Waals surface area contributed by atoms with E-state index in [1.54, 1.807) is 4.90 Å². The fourth-order valence-electron chi connectivity index (χ4n) is 2.27. The number of nitrogens with zero attached hydrogens (tertiary/aromatic N) is 1. The normalized spacial score (nSPS) is 27.2. The third-order valence-corrected chi connectivity index (χ3v) is 4.17. The van der Waals surface area contributed by atoms with Gasteiger partial charge in [0.05, 0.1) is 5.88 Å². The number of hydrogen-bond acceptors (Lipinski definition) is 3. The van der Waals surface area contributed by atoms with E-state index >= 15 is 0 Å². The fraction of sp³-hybridized carbons (Fsp3) is 0.800. The molecule has 0 aromatic rings. The summed E-state index contributed by atoms with van der Waals surface area (Å²) < 4.78 is 0. The van der Waals surface area contributed by atoms with Gasteiger partial charge in [-0.1, -0.05) is 12.8 Å². The van der Waals surface area contributed by atoms with Gasteiger partial charge in [-0.25, -0.2) is 4.79 Å². The molecule has 1 atom stereocenters. The number of thioether (sulfide) groups is 1. The molecular weight excluding hydrogens is 214 g/mol. The number of carbonyl (C=O) groups is 2. The highest BCUT2D eigenvalue weighted by Gasteiger charge is 2.38. The van der Waals surface area contributed by atoms with Crippen molar-refractivity contribution < 1.29 is 14.7 Å². The maximum absolute atomic E-state index is 12.0. The Balaban J connectivity index is 2.02. The van der Waals surface area contributed by atoms with Crippen molar-refractivity contribution in [1.82, 2.24) is 4.90 Å². The van der Waals surface area contributed by atoms with Crippen LogP contribution in [-0.2, 0) is 9.59 Å². The molecular formula is C10H15NO3S. The summed E-state index contributed by atoms with van der Waals surface area (Å²) in [6, 6.07) is -0.594. The van der Waals surface area contributed by atoms with Crippen molar-refractivity contribution >= 4 is 23.6 Å². The zero-order valence-corrected chi connectivity index (χ0v) is 9.33. The van der Waals surface area contributed by atoms with Crippen LogP contribution in [0.1, 0.15) is 25.7 Å². The Morgan fingerprint density at radius 2 is 1.93 bits per heavy atom. The van der Waals surface area contributed by atoms with Crippen LogP contribution in [0, 0.1) is 5.92 Å². The second kappa shape index (κ2) is 4.43. The Kier molecular flexibility index (Phi) is 3.19. The molecule has 1 heterocycles. The number of carboxylic acid groups (broad SMARTS) is 1. The van der Waals surface area contributed by atoms with E-state index in [1.165, 1.54) is 11.8 Å². The first kappa shape index (κ1) is 10.8. The van der Waals surface area contributed by atoms with Gasteiger partial charge in [0.25, 0.3) is 0 Å². The molecule has 1 aliphatic carbocycles. The zero-order valence-electron chi connectivity index (χ0n) is 8.52. The number of hydrogen-bond donors (Lipinski definition) is 1. The summed E-state index contributed by atoms with van der Waals surface area (Å²) in [4.78, 5) is 24.5. The molecule has 84 valence electrons. The molecule has 0 aromatic carbocycles. The highest BCUT2D eigenvalue weighted by molar-refractivity contribution is 7.99. The quantitative estimate of drug-likeness (QED) is 0.772. The van der Waals surface area contributed by atoms with Crippen molar-refractivity contribution in [3.8, 4) is 0 Å². The Hall–Kier alpha value is -0.710. The highest BCUT2D eigenvalue weighted by atomic mass is 32.2. The van der Waals surface area contributed by atoms with Crippen LogP contribution in [0.15, 0.2) is 0 Å². The van der Waals surface area contributed by atoms with E-state index in [0.717, 1.165) is 25.7 Å². The highest BCUT2D eigenvalue weighted by Crippen LogP contribution is 2.30. The number of amides is 1. The van der Waals surface area contributed by atoms with Crippen LogP contribution in [-0.4, -0.2) is 39.6 Å². The lowest BCUT2D eigenvalue weighted by Crippen LogP contribution is -2.44. The van der Waals surface area contributed by atoms with E-state index in [-0.39, 0.29) is 11.8 Å². The largest absolute Gasteiger partial charge is 0.480 e. The van der Waals surface area contributed by atoms with Gasteiger partial charge in [0.15, 0.2) is 0 Å². The Morgan fingerprint density at radius 1 is 1.27 bits per heavy atom. The van der Waals surface area contributed by atoms with Crippen molar-refractivity contribution in [2.45, 2.75) is 31.7 Å². The van der Waals surface area contributed by atoms with Gasteiger partial charge in [-0.15, -0.1) is 11.8 Å². The van der Waals surface area contributed by atoms with Gasteiger partial charge in [-0.2, -0.15) is 0 Å². The predicted molar refractivity (Wildman–Crippen MR) is 57.6 cm³/mol. The first-order chi connectivity index (χ1) is 7.20. The summed E-state index contributed by atoms with van der Waals surface area (Å²) in [6.45, 7) is 0. The minimum atomic E-state index is -0.869. The van der Waals surface area contributed by atoms with E-state index in [0.29, 0.717) is 11.6 Å². The average Bonchev–Trinajstić information content (AvgIpc) is 2.88. The van der Waals surface area contributed by atoms with Gasteiger partial charge in [0, 0.05) is 11.7 Å². The number of aliphatic carboxylic acids is 1. The maximum Gasteiger partial charge on any atom is 0.327 e. The zero-order chi connectivity index (χ0) is 10.8. The molecule has 1 aliphatic heterocycles.